The fraction of sp³-hybridized carbons (Fsp3) is 0.529. The lowest BCUT2D eigenvalue weighted by molar-refractivity contribution is -0.118. The van der Waals surface area contributed by atoms with Gasteiger partial charge in [-0.1, -0.05) is 18.2 Å². The van der Waals surface area contributed by atoms with Crippen molar-refractivity contribution >= 4 is 21.7 Å². The van der Waals surface area contributed by atoms with E-state index in [2.05, 4.69) is 5.32 Å². The topological polar surface area (TPSA) is 89.5 Å². The standard InChI is InChI=1S/C17H25NO5S/c1-13(24(21,22)14-9-6-5-7-10-14)15(19)11-8-12-18-16(20)23-17(2,3)4/h5-7,9-10,13H,8,11-12H2,1-4H3,(H,18,20). The van der Waals surface area contributed by atoms with Crippen LogP contribution in [-0.4, -0.2) is 37.7 Å². The Labute approximate surface area is 143 Å². The Morgan fingerprint density at radius 1 is 1.17 bits per heavy atom. The van der Waals surface area contributed by atoms with E-state index in [9.17, 15) is 18.0 Å². The number of ketones is 1. The number of alkyl carbamates (subject to hydrolysis) is 1. The molecule has 0 saturated carbocycles. The van der Waals surface area contributed by atoms with Crippen LogP contribution in [0, 0.1) is 0 Å². The molecule has 24 heavy (non-hydrogen) atoms. The van der Waals surface area contributed by atoms with Crippen molar-refractivity contribution < 1.29 is 22.7 Å². The first-order valence-electron chi connectivity index (χ1n) is 7.82. The lowest BCUT2D eigenvalue weighted by atomic mass is 10.2. The number of carbonyl (C=O) groups excluding carboxylic acids is 2. The first kappa shape index (κ1) is 20.2. The Bertz CT molecular complexity index is 662. The number of ether oxygens (including phenoxy) is 1. The van der Waals surface area contributed by atoms with Gasteiger partial charge in [-0.3, -0.25) is 4.79 Å². The van der Waals surface area contributed by atoms with Gasteiger partial charge in [-0.2, -0.15) is 0 Å². The van der Waals surface area contributed by atoms with Crippen LogP contribution in [0.25, 0.3) is 0 Å². The summed E-state index contributed by atoms with van der Waals surface area (Å²) in [6.45, 7) is 6.91. The zero-order chi connectivity index (χ0) is 18.4. The number of rotatable bonds is 7. The Kier molecular flexibility index (Phi) is 6.95. The van der Waals surface area contributed by atoms with Crippen LogP contribution in [0.1, 0.15) is 40.5 Å². The average molecular weight is 355 g/mol. The minimum atomic E-state index is -3.68. The summed E-state index contributed by atoms with van der Waals surface area (Å²) in [4.78, 5) is 23.7. The first-order chi connectivity index (χ1) is 11.0. The van der Waals surface area contributed by atoms with Crippen molar-refractivity contribution in [3.8, 4) is 0 Å². The molecule has 1 aromatic carbocycles. The van der Waals surface area contributed by atoms with Crippen LogP contribution in [0.5, 0.6) is 0 Å². The molecular formula is C17H25NO5S. The average Bonchev–Trinajstić information content (AvgIpc) is 2.49. The third-order valence-electron chi connectivity index (χ3n) is 3.26. The maximum absolute atomic E-state index is 12.4. The fourth-order valence-corrected chi connectivity index (χ4v) is 3.37. The highest BCUT2D eigenvalue weighted by Gasteiger charge is 2.28. The van der Waals surface area contributed by atoms with E-state index < -0.39 is 26.8 Å². The molecule has 1 atom stereocenters. The lowest BCUT2D eigenvalue weighted by Gasteiger charge is -2.19. The molecule has 0 bridgehead atoms. The number of carbonyl (C=O) groups is 2. The van der Waals surface area contributed by atoms with Crippen LogP contribution in [0.3, 0.4) is 0 Å². The van der Waals surface area contributed by atoms with Crippen molar-refractivity contribution in [1.29, 1.82) is 0 Å². The smallest absolute Gasteiger partial charge is 0.407 e. The van der Waals surface area contributed by atoms with Gasteiger partial charge in [-0.05, 0) is 46.2 Å². The minimum Gasteiger partial charge on any atom is -0.444 e. The molecule has 0 aliphatic heterocycles. The molecular weight excluding hydrogens is 330 g/mol. The predicted octanol–water partition coefficient (Wildman–Crippen LogP) is 2.72. The van der Waals surface area contributed by atoms with E-state index in [1.807, 2.05) is 0 Å². The molecule has 7 heteroatoms. The van der Waals surface area contributed by atoms with Gasteiger partial charge in [0.15, 0.2) is 15.6 Å². The van der Waals surface area contributed by atoms with Crippen molar-refractivity contribution in [3.63, 3.8) is 0 Å². The van der Waals surface area contributed by atoms with Gasteiger partial charge in [-0.25, -0.2) is 13.2 Å². The molecule has 1 unspecified atom stereocenters. The molecule has 1 N–H and O–H groups in total. The highest BCUT2D eigenvalue weighted by molar-refractivity contribution is 7.92. The van der Waals surface area contributed by atoms with Gasteiger partial charge in [0, 0.05) is 13.0 Å². The third kappa shape index (κ3) is 6.31. The summed E-state index contributed by atoms with van der Waals surface area (Å²) in [5.74, 6) is -0.371. The van der Waals surface area contributed by atoms with Gasteiger partial charge >= 0.3 is 6.09 Å². The zero-order valence-electron chi connectivity index (χ0n) is 14.5. The van der Waals surface area contributed by atoms with E-state index in [-0.39, 0.29) is 23.6 Å². The molecule has 1 aromatic rings. The SMILES string of the molecule is CC(C(=O)CCCNC(=O)OC(C)(C)C)S(=O)(=O)c1ccccc1. The van der Waals surface area contributed by atoms with Crippen molar-refractivity contribution in [2.24, 2.45) is 0 Å². The molecule has 134 valence electrons. The second kappa shape index (κ2) is 8.28. The van der Waals surface area contributed by atoms with E-state index in [4.69, 9.17) is 4.74 Å². The molecule has 0 fully saturated rings. The van der Waals surface area contributed by atoms with E-state index in [1.165, 1.54) is 19.1 Å². The van der Waals surface area contributed by atoms with Crippen LogP contribution in [0.15, 0.2) is 35.2 Å². The largest absolute Gasteiger partial charge is 0.444 e. The van der Waals surface area contributed by atoms with E-state index in [1.54, 1.807) is 39.0 Å². The van der Waals surface area contributed by atoms with Gasteiger partial charge in [0.2, 0.25) is 0 Å². The summed E-state index contributed by atoms with van der Waals surface area (Å²) in [5.41, 5.74) is -0.585. The van der Waals surface area contributed by atoms with Gasteiger partial charge in [0.25, 0.3) is 0 Å². The third-order valence-corrected chi connectivity index (χ3v) is 5.38. The normalized spacial score (nSPS) is 13.2. The van der Waals surface area contributed by atoms with Gasteiger partial charge in [0.05, 0.1) is 4.90 Å². The summed E-state index contributed by atoms with van der Waals surface area (Å²) in [7, 11) is -3.68. The molecule has 0 aliphatic rings. The second-order valence-electron chi connectivity index (χ2n) is 6.50. The monoisotopic (exact) mass is 355 g/mol. The van der Waals surface area contributed by atoms with Crippen LogP contribution in [-0.2, 0) is 19.4 Å². The lowest BCUT2D eigenvalue weighted by Crippen LogP contribution is -2.33. The number of Topliss-reactive ketones (excluding diaryl/α,β-unsaturated/α-hetero) is 1. The summed E-state index contributed by atoms with van der Waals surface area (Å²) in [6.07, 6.45) is -0.129. The first-order valence-corrected chi connectivity index (χ1v) is 9.37. The maximum atomic E-state index is 12.4. The highest BCUT2D eigenvalue weighted by Crippen LogP contribution is 2.17. The Balaban J connectivity index is 2.47. The second-order valence-corrected chi connectivity index (χ2v) is 8.77. The fourth-order valence-electron chi connectivity index (χ4n) is 1.96. The molecule has 0 spiro atoms. The Hall–Kier alpha value is -1.89. The van der Waals surface area contributed by atoms with Crippen LogP contribution in [0.4, 0.5) is 4.79 Å². The van der Waals surface area contributed by atoms with Gasteiger partial charge in [0.1, 0.15) is 10.9 Å². The Morgan fingerprint density at radius 2 is 1.75 bits per heavy atom. The van der Waals surface area contributed by atoms with Crippen LogP contribution < -0.4 is 5.32 Å². The van der Waals surface area contributed by atoms with Gasteiger partial charge < -0.3 is 10.1 Å². The molecule has 0 aromatic heterocycles. The number of hydrogen-bond acceptors (Lipinski definition) is 5. The quantitative estimate of drug-likeness (QED) is 0.760. The molecule has 1 rings (SSSR count). The molecule has 1 amide bonds. The van der Waals surface area contributed by atoms with Crippen molar-refractivity contribution in [2.45, 2.75) is 56.3 Å². The molecule has 0 saturated heterocycles. The van der Waals surface area contributed by atoms with Gasteiger partial charge in [-0.15, -0.1) is 0 Å². The highest BCUT2D eigenvalue weighted by atomic mass is 32.2. The van der Waals surface area contributed by atoms with E-state index in [0.717, 1.165) is 0 Å². The molecule has 6 nitrogen and oxygen atoms in total. The number of amides is 1. The van der Waals surface area contributed by atoms with E-state index >= 15 is 0 Å². The molecule has 0 heterocycles. The molecule has 0 radical (unpaired) electrons. The maximum Gasteiger partial charge on any atom is 0.407 e. The summed E-state index contributed by atoms with van der Waals surface area (Å²) >= 11 is 0. The number of nitrogens with one attached hydrogen (secondary N) is 1. The predicted molar refractivity (Wildman–Crippen MR) is 91.6 cm³/mol. The molecule has 0 aliphatic carbocycles. The number of hydrogen-bond donors (Lipinski definition) is 1. The minimum absolute atomic E-state index is 0.0724. The van der Waals surface area contributed by atoms with Crippen molar-refractivity contribution in [2.75, 3.05) is 6.54 Å². The summed E-state index contributed by atoms with van der Waals surface area (Å²) in [6, 6.07) is 7.91. The number of sulfone groups is 1. The number of benzene rings is 1. The van der Waals surface area contributed by atoms with Crippen LogP contribution in [0.2, 0.25) is 0 Å². The van der Waals surface area contributed by atoms with Crippen molar-refractivity contribution in [1.82, 2.24) is 5.32 Å². The summed E-state index contributed by atoms with van der Waals surface area (Å²) in [5, 5.41) is 1.43. The van der Waals surface area contributed by atoms with E-state index in [0.29, 0.717) is 6.42 Å². The van der Waals surface area contributed by atoms with Crippen LogP contribution >= 0.6 is 0 Å². The summed E-state index contributed by atoms with van der Waals surface area (Å²) < 4.78 is 29.8. The zero-order valence-corrected chi connectivity index (χ0v) is 15.4. The van der Waals surface area contributed by atoms with Crippen molar-refractivity contribution in [3.05, 3.63) is 30.3 Å². The Morgan fingerprint density at radius 3 is 2.29 bits per heavy atom.